The summed E-state index contributed by atoms with van der Waals surface area (Å²) in [5.41, 5.74) is 1.23. The second-order valence-corrected chi connectivity index (χ2v) is 4.38. The van der Waals surface area contributed by atoms with Gasteiger partial charge in [-0.25, -0.2) is 0 Å². The van der Waals surface area contributed by atoms with Crippen LogP contribution < -0.4 is 0 Å². The zero-order valence-corrected chi connectivity index (χ0v) is 12.5. The molecule has 0 atom stereocenters. The highest BCUT2D eigenvalue weighted by Crippen LogP contribution is 2.14. The number of esters is 2. The molecule has 0 unspecified atom stereocenters. The minimum absolute atomic E-state index is 0.0187. The van der Waals surface area contributed by atoms with Crippen molar-refractivity contribution in [2.24, 2.45) is 0 Å². The average Bonchev–Trinajstić information content (AvgIpc) is 2.77. The van der Waals surface area contributed by atoms with Crippen molar-refractivity contribution in [1.82, 2.24) is 10.1 Å². The van der Waals surface area contributed by atoms with E-state index in [-0.39, 0.29) is 19.5 Å². The van der Waals surface area contributed by atoms with E-state index in [0.717, 1.165) is 4.90 Å². The highest BCUT2D eigenvalue weighted by Gasteiger charge is 2.23. The highest BCUT2D eigenvalue weighted by atomic mass is 16.5. The van der Waals surface area contributed by atoms with Gasteiger partial charge in [0, 0.05) is 5.56 Å². The molecular formula is C13H18N2O6. The van der Waals surface area contributed by atoms with Gasteiger partial charge >= 0.3 is 11.9 Å². The van der Waals surface area contributed by atoms with Crippen LogP contribution in [0, 0.1) is 13.8 Å². The van der Waals surface area contributed by atoms with Gasteiger partial charge in [0.25, 0.3) is 0 Å². The maximum absolute atomic E-state index is 12.3. The Kier molecular flexibility index (Phi) is 5.89. The van der Waals surface area contributed by atoms with Crippen molar-refractivity contribution in [2.45, 2.75) is 20.3 Å². The number of rotatable bonds is 6. The number of carbonyl (C=O) groups excluding carboxylic acids is 3. The van der Waals surface area contributed by atoms with Gasteiger partial charge in [0.15, 0.2) is 0 Å². The van der Waals surface area contributed by atoms with Crippen LogP contribution >= 0.6 is 0 Å². The molecule has 0 fully saturated rings. The molecule has 8 nitrogen and oxygen atoms in total. The zero-order valence-electron chi connectivity index (χ0n) is 12.5. The molecule has 0 aliphatic rings. The predicted octanol–water partition coefficient (Wildman–Crippen LogP) is 0.00854. The third-order valence-electron chi connectivity index (χ3n) is 2.96. The second-order valence-electron chi connectivity index (χ2n) is 4.38. The van der Waals surface area contributed by atoms with Gasteiger partial charge in [0.2, 0.25) is 5.91 Å². The molecule has 0 spiro atoms. The molecule has 1 aromatic rings. The second kappa shape index (κ2) is 7.41. The number of hydrogen-bond donors (Lipinski definition) is 0. The van der Waals surface area contributed by atoms with E-state index in [1.165, 1.54) is 14.2 Å². The molecule has 0 bridgehead atoms. The number of methoxy groups -OCH3 is 2. The van der Waals surface area contributed by atoms with E-state index in [1.807, 2.05) is 0 Å². The smallest absolute Gasteiger partial charge is 0.325 e. The normalized spacial score (nSPS) is 10.1. The lowest BCUT2D eigenvalue weighted by molar-refractivity contribution is -0.151. The highest BCUT2D eigenvalue weighted by molar-refractivity contribution is 5.87. The summed E-state index contributed by atoms with van der Waals surface area (Å²) in [4.78, 5) is 36.0. The maximum Gasteiger partial charge on any atom is 0.325 e. The first-order valence-corrected chi connectivity index (χ1v) is 6.22. The van der Waals surface area contributed by atoms with Crippen molar-refractivity contribution in [2.75, 3.05) is 27.3 Å². The lowest BCUT2D eigenvalue weighted by atomic mass is 10.1. The van der Waals surface area contributed by atoms with E-state index in [9.17, 15) is 14.4 Å². The van der Waals surface area contributed by atoms with Crippen LogP contribution in [-0.4, -0.2) is 55.2 Å². The molecular weight excluding hydrogens is 280 g/mol. The molecule has 1 heterocycles. The molecule has 0 saturated heterocycles. The SMILES string of the molecule is COC(=O)CN(CC(=O)OC)C(=O)Cc1c(C)noc1C. The van der Waals surface area contributed by atoms with Crippen molar-refractivity contribution < 1.29 is 28.4 Å². The van der Waals surface area contributed by atoms with Crippen LogP contribution in [0.15, 0.2) is 4.52 Å². The summed E-state index contributed by atoms with van der Waals surface area (Å²) < 4.78 is 14.0. The Bertz CT molecular complexity index is 499. The van der Waals surface area contributed by atoms with Crippen LogP contribution in [0.1, 0.15) is 17.0 Å². The van der Waals surface area contributed by atoms with Crippen LogP contribution in [0.4, 0.5) is 0 Å². The van der Waals surface area contributed by atoms with Gasteiger partial charge in [-0.05, 0) is 13.8 Å². The largest absolute Gasteiger partial charge is 0.468 e. The summed E-state index contributed by atoms with van der Waals surface area (Å²) in [6, 6.07) is 0. The lowest BCUT2D eigenvalue weighted by Gasteiger charge is -2.20. The van der Waals surface area contributed by atoms with Crippen LogP contribution in [0.2, 0.25) is 0 Å². The van der Waals surface area contributed by atoms with Crippen molar-refractivity contribution in [3.05, 3.63) is 17.0 Å². The molecule has 1 rings (SSSR count). The molecule has 8 heteroatoms. The number of amides is 1. The summed E-state index contributed by atoms with van der Waals surface area (Å²) in [5.74, 6) is -1.13. The summed E-state index contributed by atoms with van der Waals surface area (Å²) in [5, 5.41) is 3.75. The first-order valence-electron chi connectivity index (χ1n) is 6.22. The molecule has 0 radical (unpaired) electrons. The van der Waals surface area contributed by atoms with E-state index in [4.69, 9.17) is 4.52 Å². The molecule has 0 N–H and O–H groups in total. The summed E-state index contributed by atoms with van der Waals surface area (Å²) in [6.07, 6.45) is -0.0187. The molecule has 0 saturated carbocycles. The molecule has 1 aromatic heterocycles. The number of aryl methyl sites for hydroxylation is 2. The van der Waals surface area contributed by atoms with Crippen molar-refractivity contribution >= 4 is 17.8 Å². The standard InChI is InChI=1S/C13H18N2O6/c1-8-10(9(2)21-14-8)5-11(16)15(6-12(17)19-3)7-13(18)20-4/h5-7H2,1-4H3. The van der Waals surface area contributed by atoms with Gasteiger partial charge in [-0.2, -0.15) is 0 Å². The topological polar surface area (TPSA) is 98.9 Å². The van der Waals surface area contributed by atoms with Crippen LogP contribution in [0.5, 0.6) is 0 Å². The minimum atomic E-state index is -0.619. The third-order valence-corrected chi connectivity index (χ3v) is 2.96. The lowest BCUT2D eigenvalue weighted by Crippen LogP contribution is -2.41. The van der Waals surface area contributed by atoms with E-state index in [1.54, 1.807) is 13.8 Å². The number of hydrogen-bond acceptors (Lipinski definition) is 7. The quantitative estimate of drug-likeness (QED) is 0.682. The van der Waals surface area contributed by atoms with E-state index >= 15 is 0 Å². The molecule has 21 heavy (non-hydrogen) atoms. The number of carbonyl (C=O) groups is 3. The van der Waals surface area contributed by atoms with E-state index in [2.05, 4.69) is 14.6 Å². The number of aromatic nitrogens is 1. The first kappa shape index (κ1) is 16.7. The Morgan fingerprint density at radius 3 is 2.00 bits per heavy atom. The third kappa shape index (κ3) is 4.59. The van der Waals surface area contributed by atoms with Gasteiger partial charge in [-0.1, -0.05) is 5.16 Å². The average molecular weight is 298 g/mol. The molecule has 0 aromatic carbocycles. The molecule has 1 amide bonds. The Labute approximate surface area is 122 Å². The van der Waals surface area contributed by atoms with E-state index in [0.29, 0.717) is 17.0 Å². The summed E-state index contributed by atoms with van der Waals surface area (Å²) in [6.45, 7) is 2.75. The molecule has 0 aliphatic carbocycles. The molecule has 0 aliphatic heterocycles. The predicted molar refractivity (Wildman–Crippen MR) is 70.3 cm³/mol. The summed E-state index contributed by atoms with van der Waals surface area (Å²) in [7, 11) is 2.41. The molecule has 116 valence electrons. The monoisotopic (exact) mass is 298 g/mol. The van der Waals surface area contributed by atoms with Crippen LogP contribution in [0.25, 0.3) is 0 Å². The van der Waals surface area contributed by atoms with Crippen molar-refractivity contribution in [1.29, 1.82) is 0 Å². The Morgan fingerprint density at radius 2 is 1.62 bits per heavy atom. The van der Waals surface area contributed by atoms with Gasteiger partial charge in [0.1, 0.15) is 18.8 Å². The number of ether oxygens (including phenoxy) is 2. The Hall–Kier alpha value is -2.38. The fraction of sp³-hybridized carbons (Fsp3) is 0.538. The Morgan fingerprint density at radius 1 is 1.10 bits per heavy atom. The first-order chi connectivity index (χ1) is 9.88. The van der Waals surface area contributed by atoms with E-state index < -0.39 is 17.8 Å². The fourth-order valence-electron chi connectivity index (χ4n) is 1.69. The van der Waals surface area contributed by atoms with Gasteiger partial charge in [0.05, 0.1) is 26.3 Å². The number of nitrogens with zero attached hydrogens (tertiary/aromatic N) is 2. The van der Waals surface area contributed by atoms with Crippen molar-refractivity contribution in [3.63, 3.8) is 0 Å². The Balaban J connectivity index is 2.83. The van der Waals surface area contributed by atoms with Gasteiger partial charge < -0.3 is 18.9 Å². The zero-order chi connectivity index (χ0) is 16.0. The van der Waals surface area contributed by atoms with Crippen molar-refractivity contribution in [3.8, 4) is 0 Å². The fourth-order valence-corrected chi connectivity index (χ4v) is 1.69. The maximum atomic E-state index is 12.3. The van der Waals surface area contributed by atoms with Gasteiger partial charge in [-0.3, -0.25) is 14.4 Å². The van der Waals surface area contributed by atoms with Gasteiger partial charge in [-0.15, -0.1) is 0 Å². The minimum Gasteiger partial charge on any atom is -0.468 e. The van der Waals surface area contributed by atoms with Crippen LogP contribution in [-0.2, 0) is 30.3 Å². The van der Waals surface area contributed by atoms with Crippen LogP contribution in [0.3, 0.4) is 0 Å². The summed E-state index contributed by atoms with van der Waals surface area (Å²) >= 11 is 0.